The lowest BCUT2D eigenvalue weighted by Crippen LogP contribution is -2.29. The minimum Gasteiger partial charge on any atom is -0.462 e. The zero-order chi connectivity index (χ0) is 32.6. The molecule has 44 heavy (non-hydrogen) atoms. The fourth-order valence-corrected chi connectivity index (χ4v) is 5.20. The largest absolute Gasteiger partial charge is 0.472 e. The van der Waals surface area contributed by atoms with Crippen LogP contribution in [0.4, 0.5) is 0 Å². The van der Waals surface area contributed by atoms with Crippen molar-refractivity contribution in [1.82, 2.24) is 0 Å². The molecule has 0 aliphatic carbocycles. The molecule has 0 fully saturated rings. The van der Waals surface area contributed by atoms with E-state index in [0.29, 0.717) is 6.42 Å². The zero-order valence-corrected chi connectivity index (χ0v) is 28.8. The smallest absolute Gasteiger partial charge is 0.462 e. The van der Waals surface area contributed by atoms with E-state index in [4.69, 9.17) is 24.3 Å². The van der Waals surface area contributed by atoms with Crippen LogP contribution in [0.1, 0.15) is 149 Å². The molecule has 0 saturated carbocycles. The average molecular weight is 646 g/mol. The Morgan fingerprint density at radius 2 is 1.14 bits per heavy atom. The zero-order valence-electron chi connectivity index (χ0n) is 27.9. The Morgan fingerprint density at radius 1 is 0.659 bits per heavy atom. The summed E-state index contributed by atoms with van der Waals surface area (Å²) in [5.74, 6) is -0.854. The SMILES string of the molecule is CCCC/C=C\CCCCCCCC(=O)OC[C@H](COP(=O)(O)OCCN)OC(=O)CCCCCCC/C=C\CCCCC. The minimum atomic E-state index is -4.37. The van der Waals surface area contributed by atoms with Gasteiger partial charge < -0.3 is 20.1 Å². The van der Waals surface area contributed by atoms with E-state index in [2.05, 4.69) is 38.2 Å². The molecule has 9 nitrogen and oxygen atoms in total. The second kappa shape index (κ2) is 31.5. The van der Waals surface area contributed by atoms with Crippen molar-refractivity contribution in [2.24, 2.45) is 5.73 Å². The van der Waals surface area contributed by atoms with Crippen molar-refractivity contribution in [3.63, 3.8) is 0 Å². The van der Waals surface area contributed by atoms with Gasteiger partial charge in [0.1, 0.15) is 6.61 Å². The van der Waals surface area contributed by atoms with Crippen LogP contribution in [0.25, 0.3) is 0 Å². The predicted molar refractivity (Wildman–Crippen MR) is 178 cm³/mol. The van der Waals surface area contributed by atoms with Gasteiger partial charge in [0.2, 0.25) is 0 Å². The molecule has 258 valence electrons. The lowest BCUT2D eigenvalue weighted by atomic mass is 10.1. The minimum absolute atomic E-state index is 0.0514. The van der Waals surface area contributed by atoms with Crippen LogP contribution in [0.15, 0.2) is 24.3 Å². The van der Waals surface area contributed by atoms with E-state index in [-0.39, 0.29) is 32.6 Å². The highest BCUT2D eigenvalue weighted by molar-refractivity contribution is 7.47. The van der Waals surface area contributed by atoms with Crippen molar-refractivity contribution < 1.29 is 37.6 Å². The molecular weight excluding hydrogens is 581 g/mol. The second-order valence-corrected chi connectivity index (χ2v) is 12.8. The van der Waals surface area contributed by atoms with Gasteiger partial charge in [0.15, 0.2) is 6.10 Å². The van der Waals surface area contributed by atoms with E-state index >= 15 is 0 Å². The molecule has 0 bridgehead atoms. The normalized spacial score (nSPS) is 13.8. The number of rotatable bonds is 32. The fourth-order valence-electron chi connectivity index (χ4n) is 4.43. The van der Waals surface area contributed by atoms with E-state index in [1.807, 2.05) is 0 Å². The van der Waals surface area contributed by atoms with Crippen LogP contribution >= 0.6 is 7.82 Å². The maximum Gasteiger partial charge on any atom is 0.472 e. The highest BCUT2D eigenvalue weighted by Crippen LogP contribution is 2.43. The molecule has 0 aromatic carbocycles. The van der Waals surface area contributed by atoms with Crippen LogP contribution < -0.4 is 5.73 Å². The van der Waals surface area contributed by atoms with Crippen molar-refractivity contribution in [2.45, 2.75) is 155 Å². The first kappa shape index (κ1) is 42.5. The molecule has 3 N–H and O–H groups in total. The number of carbonyl (C=O) groups excluding carboxylic acids is 2. The lowest BCUT2D eigenvalue weighted by Gasteiger charge is -2.19. The maximum atomic E-state index is 12.5. The molecule has 0 aliphatic rings. The first-order chi connectivity index (χ1) is 21.3. The van der Waals surface area contributed by atoms with Crippen LogP contribution in [-0.4, -0.2) is 49.3 Å². The van der Waals surface area contributed by atoms with E-state index < -0.39 is 32.5 Å². The summed E-state index contributed by atoms with van der Waals surface area (Å²) in [6, 6.07) is 0. The molecule has 0 rings (SSSR count). The molecule has 2 atom stereocenters. The van der Waals surface area contributed by atoms with Crippen molar-refractivity contribution in [1.29, 1.82) is 0 Å². The Morgan fingerprint density at radius 3 is 1.68 bits per heavy atom. The van der Waals surface area contributed by atoms with Crippen LogP contribution in [0.5, 0.6) is 0 Å². The number of esters is 2. The van der Waals surface area contributed by atoms with Crippen molar-refractivity contribution in [3.05, 3.63) is 24.3 Å². The van der Waals surface area contributed by atoms with E-state index in [1.165, 1.54) is 32.1 Å². The van der Waals surface area contributed by atoms with Crippen molar-refractivity contribution in [3.8, 4) is 0 Å². The molecule has 0 heterocycles. The molecule has 1 unspecified atom stereocenters. The number of phosphoric acid groups is 1. The number of phosphoric ester groups is 1. The van der Waals surface area contributed by atoms with Gasteiger partial charge in [0.05, 0.1) is 13.2 Å². The molecule has 0 radical (unpaired) electrons. The number of ether oxygens (including phenoxy) is 2. The summed E-state index contributed by atoms with van der Waals surface area (Å²) in [7, 11) is -4.37. The Kier molecular flexibility index (Phi) is 30.4. The van der Waals surface area contributed by atoms with E-state index in [1.54, 1.807) is 0 Å². The molecule has 0 aromatic heterocycles. The number of carbonyl (C=O) groups is 2. The van der Waals surface area contributed by atoms with Gasteiger partial charge in [-0.15, -0.1) is 0 Å². The number of nitrogens with two attached hydrogens (primary N) is 1. The van der Waals surface area contributed by atoms with E-state index in [9.17, 15) is 19.0 Å². The number of unbranched alkanes of at least 4 members (excludes halogenated alkanes) is 15. The van der Waals surface area contributed by atoms with Crippen molar-refractivity contribution >= 4 is 19.8 Å². The molecule has 0 aliphatic heterocycles. The fraction of sp³-hybridized carbons (Fsp3) is 0.824. The summed E-state index contributed by atoms with van der Waals surface area (Å²) in [4.78, 5) is 34.5. The Balaban J connectivity index is 4.31. The highest BCUT2D eigenvalue weighted by atomic mass is 31.2. The molecule has 0 aromatic rings. The van der Waals surface area contributed by atoms with Gasteiger partial charge in [-0.2, -0.15) is 0 Å². The van der Waals surface area contributed by atoms with Gasteiger partial charge in [0, 0.05) is 19.4 Å². The van der Waals surface area contributed by atoms with Gasteiger partial charge in [-0.05, 0) is 57.8 Å². The summed E-state index contributed by atoms with van der Waals surface area (Å²) in [6.45, 7) is 3.62. The van der Waals surface area contributed by atoms with Gasteiger partial charge in [-0.25, -0.2) is 4.57 Å². The topological polar surface area (TPSA) is 134 Å². The van der Waals surface area contributed by atoms with Crippen LogP contribution in [0, 0.1) is 0 Å². The summed E-state index contributed by atoms with van der Waals surface area (Å²) in [5, 5.41) is 0. The maximum absolute atomic E-state index is 12.5. The third kappa shape index (κ3) is 30.5. The van der Waals surface area contributed by atoms with Crippen LogP contribution in [0.3, 0.4) is 0 Å². The average Bonchev–Trinajstić information content (AvgIpc) is 3.00. The summed E-state index contributed by atoms with van der Waals surface area (Å²) in [6.07, 6.45) is 29.2. The van der Waals surface area contributed by atoms with E-state index in [0.717, 1.165) is 83.5 Å². The summed E-state index contributed by atoms with van der Waals surface area (Å²) >= 11 is 0. The first-order valence-corrected chi connectivity index (χ1v) is 18.8. The lowest BCUT2D eigenvalue weighted by molar-refractivity contribution is -0.161. The monoisotopic (exact) mass is 645 g/mol. The Labute approximate surface area is 268 Å². The third-order valence-electron chi connectivity index (χ3n) is 7.06. The number of hydrogen-bond donors (Lipinski definition) is 2. The molecule has 10 heteroatoms. The third-order valence-corrected chi connectivity index (χ3v) is 8.04. The van der Waals surface area contributed by atoms with Gasteiger partial charge in [0.25, 0.3) is 0 Å². The Bertz CT molecular complexity index is 789. The molecule has 0 spiro atoms. The molecular formula is C34H64NO8P. The quantitative estimate of drug-likeness (QED) is 0.0318. The van der Waals surface area contributed by atoms with Crippen LogP contribution in [-0.2, 0) is 32.7 Å². The summed E-state index contributed by atoms with van der Waals surface area (Å²) in [5.41, 5.74) is 5.31. The molecule has 0 amide bonds. The first-order valence-electron chi connectivity index (χ1n) is 17.3. The number of hydrogen-bond acceptors (Lipinski definition) is 8. The van der Waals surface area contributed by atoms with Gasteiger partial charge in [-0.3, -0.25) is 18.6 Å². The second-order valence-electron chi connectivity index (χ2n) is 11.4. The predicted octanol–water partition coefficient (Wildman–Crippen LogP) is 8.88. The Hall–Kier alpha value is -1.51. The standard InChI is InChI=1S/C34H64NO8P/c1-3-5-7-9-11-13-15-17-19-21-23-25-27-34(37)43-32(31-42-44(38,39)41-29-28-35)30-40-33(36)26-24-22-20-18-16-14-12-10-8-6-4-2/h10-13,32H,3-9,14-31,35H2,1-2H3,(H,38,39)/b12-10-,13-11-/t32-/m1/s1. The summed E-state index contributed by atoms with van der Waals surface area (Å²) < 4.78 is 32.5. The number of allylic oxidation sites excluding steroid dienone is 4. The van der Waals surface area contributed by atoms with Crippen LogP contribution in [0.2, 0.25) is 0 Å². The van der Waals surface area contributed by atoms with Gasteiger partial charge >= 0.3 is 19.8 Å². The molecule has 0 saturated heterocycles. The van der Waals surface area contributed by atoms with Crippen molar-refractivity contribution in [2.75, 3.05) is 26.4 Å². The van der Waals surface area contributed by atoms with Gasteiger partial charge in [-0.1, -0.05) is 102 Å². The highest BCUT2D eigenvalue weighted by Gasteiger charge is 2.25.